The van der Waals surface area contributed by atoms with Gasteiger partial charge in [0.25, 0.3) is 0 Å². The van der Waals surface area contributed by atoms with Crippen LogP contribution in [0.5, 0.6) is 0 Å². The maximum Gasteiger partial charge on any atom is 0.335 e. The lowest BCUT2D eigenvalue weighted by Gasteiger charge is -2.29. The first kappa shape index (κ1) is 14.9. The molecule has 1 saturated carbocycles. The number of carbonyl (C=O) groups is 2. The van der Waals surface area contributed by atoms with Gasteiger partial charge in [0.1, 0.15) is 0 Å². The molecule has 2 aliphatic rings. The second kappa shape index (κ2) is 5.74. The summed E-state index contributed by atoms with van der Waals surface area (Å²) in [5, 5.41) is 9.08. The fourth-order valence-electron chi connectivity index (χ4n) is 3.56. The first-order chi connectivity index (χ1) is 11.6. The molecule has 5 heteroatoms. The van der Waals surface area contributed by atoms with Crippen LogP contribution in [0, 0.1) is 5.92 Å². The molecule has 1 N–H and O–H groups in total. The molecule has 1 aromatic carbocycles. The Morgan fingerprint density at radius 3 is 2.67 bits per heavy atom. The molecule has 1 aliphatic heterocycles. The van der Waals surface area contributed by atoms with E-state index in [4.69, 9.17) is 5.11 Å². The molecule has 2 heterocycles. The average molecular weight is 322 g/mol. The summed E-state index contributed by atoms with van der Waals surface area (Å²) in [5.41, 5.74) is 3.60. The van der Waals surface area contributed by atoms with Crippen LogP contribution >= 0.6 is 0 Å². The van der Waals surface area contributed by atoms with Crippen LogP contribution in [-0.4, -0.2) is 33.4 Å². The number of fused-ring (bicyclic) bond motifs is 1. The van der Waals surface area contributed by atoms with Gasteiger partial charge in [0.2, 0.25) is 5.91 Å². The van der Waals surface area contributed by atoms with Gasteiger partial charge in [-0.15, -0.1) is 0 Å². The third-order valence-corrected chi connectivity index (χ3v) is 5.02. The summed E-state index contributed by atoms with van der Waals surface area (Å²) in [6.45, 7) is 1.24. The Labute approximate surface area is 139 Å². The van der Waals surface area contributed by atoms with Crippen molar-refractivity contribution in [3.63, 3.8) is 0 Å². The second-order valence-corrected chi connectivity index (χ2v) is 6.53. The Bertz CT molecular complexity index is 804. The fraction of sp³-hybridized carbons (Fsp3) is 0.316. The highest BCUT2D eigenvalue weighted by Crippen LogP contribution is 2.48. The normalized spacial score (nSPS) is 21.9. The predicted octanol–water partition coefficient (Wildman–Crippen LogP) is 2.47. The molecule has 0 spiro atoms. The minimum atomic E-state index is -0.908. The van der Waals surface area contributed by atoms with Gasteiger partial charge >= 0.3 is 5.97 Å². The van der Waals surface area contributed by atoms with Crippen molar-refractivity contribution in [1.29, 1.82) is 0 Å². The van der Waals surface area contributed by atoms with Crippen molar-refractivity contribution in [2.45, 2.75) is 25.3 Å². The Balaban J connectivity index is 1.45. The van der Waals surface area contributed by atoms with E-state index >= 15 is 0 Å². The molecule has 0 saturated heterocycles. The first-order valence-electron chi connectivity index (χ1n) is 8.17. The maximum absolute atomic E-state index is 12.7. The highest BCUT2D eigenvalue weighted by Gasteiger charge is 2.46. The summed E-state index contributed by atoms with van der Waals surface area (Å²) in [5.74, 6) is -0.303. The van der Waals surface area contributed by atoms with Gasteiger partial charge in [-0.25, -0.2) is 4.79 Å². The molecule has 0 bridgehead atoms. The Morgan fingerprint density at radius 2 is 1.92 bits per heavy atom. The van der Waals surface area contributed by atoms with Gasteiger partial charge in [-0.2, -0.15) is 0 Å². The lowest BCUT2D eigenvalue weighted by molar-refractivity contribution is -0.133. The summed E-state index contributed by atoms with van der Waals surface area (Å²) in [6, 6.07) is 9.15. The molecular formula is C19H18N2O3. The van der Waals surface area contributed by atoms with Gasteiger partial charge in [0.15, 0.2) is 0 Å². The molecule has 1 aliphatic carbocycles. The number of amides is 1. The highest BCUT2D eigenvalue weighted by molar-refractivity contribution is 5.88. The van der Waals surface area contributed by atoms with Crippen LogP contribution in [0.3, 0.4) is 0 Å². The molecule has 5 nitrogen and oxygen atoms in total. The van der Waals surface area contributed by atoms with E-state index in [1.807, 2.05) is 23.1 Å². The zero-order valence-corrected chi connectivity index (χ0v) is 13.2. The third kappa shape index (κ3) is 2.66. The van der Waals surface area contributed by atoms with E-state index in [9.17, 15) is 9.59 Å². The Hall–Kier alpha value is -2.69. The molecular weight excluding hydrogens is 304 g/mol. The molecule has 0 radical (unpaired) electrons. The number of hydrogen-bond donors (Lipinski definition) is 1. The van der Waals surface area contributed by atoms with Crippen LogP contribution in [-0.2, 0) is 17.8 Å². The van der Waals surface area contributed by atoms with Gasteiger partial charge < -0.3 is 10.0 Å². The standard InChI is InChI=1S/C19H18N2O3/c22-18(17-10-16(17)12-3-6-20-7-4-12)21-8-5-13-9-14(19(23)24)1-2-15(13)11-21/h1-4,6-7,9,16-17H,5,8,10-11H2,(H,23,24)/t16-,17+/m0/s1. The number of benzene rings is 1. The van der Waals surface area contributed by atoms with Crippen LogP contribution in [0.2, 0.25) is 0 Å². The van der Waals surface area contributed by atoms with E-state index in [0.29, 0.717) is 24.6 Å². The van der Waals surface area contributed by atoms with E-state index < -0.39 is 5.97 Å². The van der Waals surface area contributed by atoms with E-state index in [2.05, 4.69) is 4.98 Å². The zero-order valence-electron chi connectivity index (χ0n) is 13.2. The maximum atomic E-state index is 12.7. The molecule has 2 atom stereocenters. The number of rotatable bonds is 3. The van der Waals surface area contributed by atoms with Crippen LogP contribution in [0.25, 0.3) is 0 Å². The number of carboxylic acids is 1. The summed E-state index contributed by atoms with van der Waals surface area (Å²) in [7, 11) is 0. The van der Waals surface area contributed by atoms with Gasteiger partial charge in [0, 0.05) is 31.4 Å². The number of pyridine rings is 1. The number of hydrogen-bond acceptors (Lipinski definition) is 3. The van der Waals surface area contributed by atoms with Gasteiger partial charge in [-0.1, -0.05) is 6.07 Å². The zero-order chi connectivity index (χ0) is 16.7. The van der Waals surface area contributed by atoms with Crippen LogP contribution in [0.4, 0.5) is 0 Å². The van der Waals surface area contributed by atoms with E-state index in [1.165, 1.54) is 5.56 Å². The number of carbonyl (C=O) groups excluding carboxylic acids is 1. The van der Waals surface area contributed by atoms with Crippen molar-refractivity contribution < 1.29 is 14.7 Å². The number of aromatic carboxylic acids is 1. The lowest BCUT2D eigenvalue weighted by atomic mass is 9.97. The minimum absolute atomic E-state index is 0.0762. The van der Waals surface area contributed by atoms with Crippen molar-refractivity contribution in [3.05, 3.63) is 65.0 Å². The molecule has 24 heavy (non-hydrogen) atoms. The van der Waals surface area contributed by atoms with Crippen LogP contribution in [0.15, 0.2) is 42.7 Å². The van der Waals surface area contributed by atoms with E-state index in [0.717, 1.165) is 24.0 Å². The van der Waals surface area contributed by atoms with E-state index in [1.54, 1.807) is 24.5 Å². The van der Waals surface area contributed by atoms with Gasteiger partial charge in [-0.05, 0) is 59.7 Å². The molecule has 4 rings (SSSR count). The molecule has 2 aromatic rings. The molecule has 1 fully saturated rings. The van der Waals surface area contributed by atoms with Crippen molar-refractivity contribution in [2.24, 2.45) is 5.92 Å². The van der Waals surface area contributed by atoms with Gasteiger partial charge in [0.05, 0.1) is 5.56 Å². The van der Waals surface area contributed by atoms with Crippen molar-refractivity contribution >= 4 is 11.9 Å². The number of carboxylic acid groups (broad SMARTS) is 1. The summed E-state index contributed by atoms with van der Waals surface area (Å²) in [6.07, 6.45) is 5.16. The Kier molecular flexibility index (Phi) is 3.56. The Morgan fingerprint density at radius 1 is 1.12 bits per heavy atom. The smallest absolute Gasteiger partial charge is 0.335 e. The van der Waals surface area contributed by atoms with Crippen LogP contribution < -0.4 is 0 Å². The molecule has 0 unspecified atom stereocenters. The molecule has 122 valence electrons. The van der Waals surface area contributed by atoms with Gasteiger partial charge in [-0.3, -0.25) is 9.78 Å². The fourth-order valence-corrected chi connectivity index (χ4v) is 3.56. The molecule has 1 amide bonds. The van der Waals surface area contributed by atoms with Crippen molar-refractivity contribution in [3.8, 4) is 0 Å². The monoisotopic (exact) mass is 322 g/mol. The second-order valence-electron chi connectivity index (χ2n) is 6.53. The number of aromatic nitrogens is 1. The highest BCUT2D eigenvalue weighted by atomic mass is 16.4. The SMILES string of the molecule is O=C(O)c1ccc2c(c1)CCN(C(=O)[C@@H]1C[C@H]1c1ccncc1)C2. The van der Waals surface area contributed by atoms with Crippen molar-refractivity contribution in [2.75, 3.05) is 6.54 Å². The van der Waals surface area contributed by atoms with Crippen molar-refractivity contribution in [1.82, 2.24) is 9.88 Å². The molecule has 1 aromatic heterocycles. The first-order valence-corrected chi connectivity index (χ1v) is 8.17. The largest absolute Gasteiger partial charge is 0.478 e. The third-order valence-electron chi connectivity index (χ3n) is 5.02. The minimum Gasteiger partial charge on any atom is -0.478 e. The lowest BCUT2D eigenvalue weighted by Crippen LogP contribution is -2.37. The van der Waals surface area contributed by atoms with Crippen LogP contribution in [0.1, 0.15) is 39.4 Å². The summed E-state index contributed by atoms with van der Waals surface area (Å²) < 4.78 is 0. The number of nitrogens with zero attached hydrogens (tertiary/aromatic N) is 2. The predicted molar refractivity (Wildman–Crippen MR) is 87.6 cm³/mol. The average Bonchev–Trinajstić information content (AvgIpc) is 3.41. The summed E-state index contributed by atoms with van der Waals surface area (Å²) >= 11 is 0. The van der Waals surface area contributed by atoms with E-state index in [-0.39, 0.29) is 11.8 Å². The topological polar surface area (TPSA) is 70.5 Å². The quantitative estimate of drug-likeness (QED) is 0.942. The summed E-state index contributed by atoms with van der Waals surface area (Å²) in [4.78, 5) is 29.7.